The van der Waals surface area contributed by atoms with Crippen LogP contribution in [0.25, 0.3) is 0 Å². The summed E-state index contributed by atoms with van der Waals surface area (Å²) in [5.74, 6) is 0. The molecule has 0 aliphatic carbocycles. The van der Waals surface area contributed by atoms with Gasteiger partial charge >= 0.3 is 0 Å². The van der Waals surface area contributed by atoms with Gasteiger partial charge in [0.25, 0.3) is 0 Å². The van der Waals surface area contributed by atoms with E-state index < -0.39 is 74.6 Å². The first-order valence-electron chi connectivity index (χ1n) is 7.08. The monoisotopic (exact) mass is 342 g/mol. The van der Waals surface area contributed by atoms with Crippen LogP contribution in [-0.4, -0.2) is 115 Å². The van der Waals surface area contributed by atoms with Crippen molar-refractivity contribution in [3.05, 3.63) is 0 Å². The van der Waals surface area contributed by atoms with Gasteiger partial charge in [0.15, 0.2) is 12.6 Å². The van der Waals surface area contributed by atoms with E-state index in [9.17, 15) is 35.7 Å². The largest absolute Gasteiger partial charge is 0.394 e. The van der Waals surface area contributed by atoms with Crippen LogP contribution in [0.15, 0.2) is 0 Å². The Balaban J connectivity index is 2.11. The highest BCUT2D eigenvalue weighted by molar-refractivity contribution is 4.93. The van der Waals surface area contributed by atoms with E-state index in [0.29, 0.717) is 0 Å². The lowest BCUT2D eigenvalue weighted by Crippen LogP contribution is -2.64. The van der Waals surface area contributed by atoms with Crippen LogP contribution in [0, 0.1) is 0 Å². The first kappa shape index (κ1) is 18.9. The van der Waals surface area contributed by atoms with E-state index in [0.717, 1.165) is 0 Å². The van der Waals surface area contributed by atoms with Crippen molar-refractivity contribution >= 4 is 0 Å². The average Bonchev–Trinajstić information content (AvgIpc) is 2.55. The molecular formula is C12H22O11. The fourth-order valence-corrected chi connectivity index (χ4v) is 2.57. The van der Waals surface area contributed by atoms with Gasteiger partial charge in [0.1, 0.15) is 48.8 Å². The van der Waals surface area contributed by atoms with Crippen LogP contribution in [-0.2, 0) is 14.2 Å². The van der Waals surface area contributed by atoms with Crippen LogP contribution in [0.1, 0.15) is 0 Å². The molecule has 2 rings (SSSR count). The summed E-state index contributed by atoms with van der Waals surface area (Å²) in [5.41, 5.74) is 0. The van der Waals surface area contributed by atoms with Crippen molar-refractivity contribution in [2.24, 2.45) is 0 Å². The molecule has 0 aromatic carbocycles. The number of rotatable bonds is 4. The zero-order chi connectivity index (χ0) is 17.3. The molecule has 11 nitrogen and oxygen atoms in total. The third-order valence-corrected chi connectivity index (χ3v) is 3.98. The zero-order valence-corrected chi connectivity index (χ0v) is 12.0. The predicted octanol–water partition coefficient (Wildman–Crippen LogP) is -5.40. The molecule has 2 aliphatic heterocycles. The molecule has 0 aromatic heterocycles. The molecular weight excluding hydrogens is 320 g/mol. The third kappa shape index (κ3) is 3.65. The molecule has 0 bridgehead atoms. The Labute approximate surface area is 130 Å². The van der Waals surface area contributed by atoms with E-state index in [2.05, 4.69) is 0 Å². The minimum atomic E-state index is -1.74. The molecule has 2 fully saturated rings. The second-order valence-corrected chi connectivity index (χ2v) is 5.53. The van der Waals surface area contributed by atoms with Gasteiger partial charge in [-0.05, 0) is 0 Å². The number of hydrogen-bond acceptors (Lipinski definition) is 11. The van der Waals surface area contributed by atoms with Crippen molar-refractivity contribution < 1.29 is 55.1 Å². The Morgan fingerprint density at radius 2 is 1.26 bits per heavy atom. The molecule has 23 heavy (non-hydrogen) atoms. The summed E-state index contributed by atoms with van der Waals surface area (Å²) in [4.78, 5) is 0. The number of ether oxygens (including phenoxy) is 3. The lowest BCUT2D eigenvalue weighted by molar-refractivity contribution is -0.355. The standard InChI is InChI=1S/C12H22O11/c13-1-3-5(15)6(16)9(19)12(22-3)23-10-4(2-14)21-11(20)8(18)7(10)17/h3-20H,1-2H2/t3?,4-,5+,6-,7?,8?,9?,10+,11+,12-/m0/s1. The Morgan fingerprint density at radius 1 is 0.652 bits per heavy atom. The highest BCUT2D eigenvalue weighted by atomic mass is 16.7. The van der Waals surface area contributed by atoms with Crippen LogP contribution in [0.2, 0.25) is 0 Å². The smallest absolute Gasteiger partial charge is 0.187 e. The Kier molecular flexibility index (Phi) is 6.27. The minimum absolute atomic E-state index is 0.667. The summed E-state index contributed by atoms with van der Waals surface area (Å²) in [6.45, 7) is -1.35. The molecule has 0 aromatic rings. The first-order chi connectivity index (χ1) is 10.8. The Hall–Kier alpha value is -0.440. The van der Waals surface area contributed by atoms with Crippen molar-refractivity contribution in [3.8, 4) is 0 Å². The molecule has 0 amide bonds. The highest BCUT2D eigenvalue weighted by Crippen LogP contribution is 2.28. The fourth-order valence-electron chi connectivity index (χ4n) is 2.57. The minimum Gasteiger partial charge on any atom is -0.394 e. The van der Waals surface area contributed by atoms with Gasteiger partial charge in [0.05, 0.1) is 13.2 Å². The summed E-state index contributed by atoms with van der Waals surface area (Å²) >= 11 is 0. The lowest BCUT2D eigenvalue weighted by atomic mass is 9.97. The van der Waals surface area contributed by atoms with Crippen LogP contribution < -0.4 is 0 Å². The van der Waals surface area contributed by atoms with Gasteiger partial charge in [0, 0.05) is 0 Å². The second kappa shape index (κ2) is 7.63. The van der Waals surface area contributed by atoms with Crippen molar-refractivity contribution in [1.29, 1.82) is 0 Å². The molecule has 0 radical (unpaired) electrons. The van der Waals surface area contributed by atoms with Crippen LogP contribution in [0.5, 0.6) is 0 Å². The van der Waals surface area contributed by atoms with Crippen LogP contribution >= 0.6 is 0 Å². The summed E-state index contributed by atoms with van der Waals surface area (Å²) < 4.78 is 15.3. The average molecular weight is 342 g/mol. The van der Waals surface area contributed by atoms with Crippen molar-refractivity contribution in [1.82, 2.24) is 0 Å². The molecule has 2 saturated heterocycles. The zero-order valence-electron chi connectivity index (χ0n) is 12.0. The molecule has 11 heteroatoms. The van der Waals surface area contributed by atoms with Gasteiger partial charge in [-0.25, -0.2) is 0 Å². The van der Waals surface area contributed by atoms with E-state index in [1.54, 1.807) is 0 Å². The topological polar surface area (TPSA) is 190 Å². The van der Waals surface area contributed by atoms with Gasteiger partial charge in [-0.3, -0.25) is 0 Å². The normalized spacial score (nSPS) is 51.7. The maximum Gasteiger partial charge on any atom is 0.187 e. The number of aliphatic hydroxyl groups is 8. The van der Waals surface area contributed by atoms with E-state index in [1.165, 1.54) is 0 Å². The van der Waals surface area contributed by atoms with Gasteiger partial charge < -0.3 is 55.1 Å². The summed E-state index contributed by atoms with van der Waals surface area (Å²) in [7, 11) is 0. The third-order valence-electron chi connectivity index (χ3n) is 3.98. The van der Waals surface area contributed by atoms with E-state index in [-0.39, 0.29) is 0 Å². The highest BCUT2D eigenvalue weighted by Gasteiger charge is 2.50. The Bertz CT molecular complexity index is 378. The molecule has 10 atom stereocenters. The summed E-state index contributed by atoms with van der Waals surface area (Å²) in [6.07, 6.45) is -15.6. The number of aliphatic hydroxyl groups excluding tert-OH is 8. The summed E-state index contributed by atoms with van der Waals surface area (Å²) in [5, 5.41) is 76.5. The number of hydrogen-bond donors (Lipinski definition) is 8. The quantitative estimate of drug-likeness (QED) is 0.243. The SMILES string of the molecule is OCC1O[C@@H](O[C@H]2C(O)C(O)[C@H](O)O[C@H]2CO)C(O)[C@@H](O)[C@@H]1O. The molecule has 2 aliphatic rings. The maximum absolute atomic E-state index is 9.94. The van der Waals surface area contributed by atoms with Gasteiger partial charge in [-0.2, -0.15) is 0 Å². The maximum atomic E-state index is 9.94. The van der Waals surface area contributed by atoms with Crippen molar-refractivity contribution in [2.75, 3.05) is 13.2 Å². The Morgan fingerprint density at radius 3 is 1.83 bits per heavy atom. The second-order valence-electron chi connectivity index (χ2n) is 5.53. The molecule has 4 unspecified atom stereocenters. The molecule has 0 saturated carbocycles. The van der Waals surface area contributed by atoms with Gasteiger partial charge in [-0.1, -0.05) is 0 Å². The lowest BCUT2D eigenvalue weighted by Gasteiger charge is -2.45. The van der Waals surface area contributed by atoms with Gasteiger partial charge in [-0.15, -0.1) is 0 Å². The van der Waals surface area contributed by atoms with Gasteiger partial charge in [0.2, 0.25) is 0 Å². The van der Waals surface area contributed by atoms with Crippen LogP contribution in [0.3, 0.4) is 0 Å². The molecule has 136 valence electrons. The summed E-state index contributed by atoms with van der Waals surface area (Å²) in [6, 6.07) is 0. The van der Waals surface area contributed by atoms with Crippen molar-refractivity contribution in [3.63, 3.8) is 0 Å². The van der Waals surface area contributed by atoms with Crippen LogP contribution in [0.4, 0.5) is 0 Å². The molecule has 0 spiro atoms. The van der Waals surface area contributed by atoms with E-state index >= 15 is 0 Å². The molecule has 8 N–H and O–H groups in total. The predicted molar refractivity (Wildman–Crippen MR) is 68.6 cm³/mol. The van der Waals surface area contributed by atoms with E-state index in [4.69, 9.17) is 19.3 Å². The van der Waals surface area contributed by atoms with E-state index in [1.807, 2.05) is 0 Å². The first-order valence-corrected chi connectivity index (χ1v) is 7.08. The fraction of sp³-hybridized carbons (Fsp3) is 1.00. The van der Waals surface area contributed by atoms with Crippen molar-refractivity contribution in [2.45, 2.75) is 61.4 Å². The molecule has 2 heterocycles.